The number of hydrogen-bond acceptors (Lipinski definition) is 8. The molecule has 0 amide bonds. The fourth-order valence-electron chi connectivity index (χ4n) is 8.29. The van der Waals surface area contributed by atoms with Crippen molar-refractivity contribution in [2.45, 2.75) is 0 Å². The molecule has 4 aromatic heterocycles. The van der Waals surface area contributed by atoms with Crippen LogP contribution in [0, 0.1) is 0 Å². The summed E-state index contributed by atoms with van der Waals surface area (Å²) >= 11 is 3.09. The number of fused-ring (bicyclic) bond motifs is 8. The summed E-state index contributed by atoms with van der Waals surface area (Å²) in [6, 6.07) is 63.4. The second-order valence-electron chi connectivity index (χ2n) is 14.8. The van der Waals surface area contributed by atoms with Crippen LogP contribution < -0.4 is 0 Å². The van der Waals surface area contributed by atoms with Gasteiger partial charge in [0.1, 0.15) is 11.0 Å². The zero-order chi connectivity index (χ0) is 39.6. The van der Waals surface area contributed by atoms with E-state index in [4.69, 9.17) is 19.9 Å². The molecule has 6 nitrogen and oxygen atoms in total. The lowest BCUT2D eigenvalue weighted by Crippen LogP contribution is -2.00. The molecular formula is C52H30N6S2. The van der Waals surface area contributed by atoms with E-state index in [9.17, 15) is 0 Å². The van der Waals surface area contributed by atoms with Crippen LogP contribution in [0.2, 0.25) is 0 Å². The minimum absolute atomic E-state index is 0.617. The van der Waals surface area contributed by atoms with E-state index in [1.54, 1.807) is 0 Å². The molecule has 8 aromatic carbocycles. The molecule has 12 aromatic rings. The minimum atomic E-state index is 0.617. The standard InChI is InChI=1S/C52H30N6S2/c1-2-10-34(11-3-1)50-54-51(35-26-22-32(23-27-35)38-16-9-17-40-39-14-5-7-19-45(39)59-49(38)40)56-52(55-50)37-13-8-12-36(30-37)31-20-24-33(25-21-31)47-42-28-29-44-48(58-60-57-44)46(42)41-15-4-6-18-43(41)53-47/h1-30H. The first-order chi connectivity index (χ1) is 29.7. The lowest BCUT2D eigenvalue weighted by molar-refractivity contribution is 1.07. The topological polar surface area (TPSA) is 77.3 Å². The average Bonchev–Trinajstić information content (AvgIpc) is 3.97. The van der Waals surface area contributed by atoms with E-state index in [1.807, 2.05) is 53.8 Å². The third-order valence-corrected chi connectivity index (χ3v) is 13.0. The van der Waals surface area contributed by atoms with Crippen molar-refractivity contribution in [1.29, 1.82) is 0 Å². The van der Waals surface area contributed by atoms with Gasteiger partial charge in [-0.05, 0) is 52.6 Å². The first-order valence-corrected chi connectivity index (χ1v) is 21.2. The highest BCUT2D eigenvalue weighted by Crippen LogP contribution is 2.41. The molecule has 0 aliphatic heterocycles. The zero-order valence-corrected chi connectivity index (χ0v) is 33.5. The Balaban J connectivity index is 0.911. The van der Waals surface area contributed by atoms with Crippen molar-refractivity contribution in [3.8, 4) is 67.7 Å². The number of nitrogens with zero attached hydrogens (tertiary/aromatic N) is 6. The predicted molar refractivity (Wildman–Crippen MR) is 249 cm³/mol. The first kappa shape index (κ1) is 34.5. The predicted octanol–water partition coefficient (Wildman–Crippen LogP) is 13.9. The van der Waals surface area contributed by atoms with Crippen molar-refractivity contribution < 1.29 is 0 Å². The normalized spacial score (nSPS) is 11.7. The maximum atomic E-state index is 5.16. The summed E-state index contributed by atoms with van der Waals surface area (Å²) in [6.07, 6.45) is 0. The summed E-state index contributed by atoms with van der Waals surface area (Å²) < 4.78 is 11.8. The van der Waals surface area contributed by atoms with Gasteiger partial charge >= 0.3 is 0 Å². The molecule has 0 fully saturated rings. The van der Waals surface area contributed by atoms with E-state index in [2.05, 4.69) is 148 Å². The molecule has 0 N–H and O–H groups in total. The second kappa shape index (κ2) is 14.1. The van der Waals surface area contributed by atoms with E-state index in [-0.39, 0.29) is 0 Å². The van der Waals surface area contributed by atoms with Crippen molar-refractivity contribution in [2.75, 3.05) is 0 Å². The minimum Gasteiger partial charge on any atom is -0.247 e. The van der Waals surface area contributed by atoms with Gasteiger partial charge in [-0.1, -0.05) is 152 Å². The highest BCUT2D eigenvalue weighted by Gasteiger charge is 2.17. The van der Waals surface area contributed by atoms with Gasteiger partial charge in [0, 0.05) is 58.6 Å². The van der Waals surface area contributed by atoms with Gasteiger partial charge < -0.3 is 0 Å². The molecule has 0 unspecified atom stereocenters. The molecule has 280 valence electrons. The van der Waals surface area contributed by atoms with E-state index < -0.39 is 0 Å². The van der Waals surface area contributed by atoms with Crippen molar-refractivity contribution >= 4 is 75.9 Å². The smallest absolute Gasteiger partial charge is 0.164 e. The van der Waals surface area contributed by atoms with Gasteiger partial charge in [-0.15, -0.1) is 11.3 Å². The quantitative estimate of drug-likeness (QED) is 0.156. The number of pyridine rings is 1. The number of rotatable bonds is 6. The lowest BCUT2D eigenvalue weighted by Gasteiger charge is -2.12. The van der Waals surface area contributed by atoms with Crippen LogP contribution in [0.5, 0.6) is 0 Å². The van der Waals surface area contributed by atoms with Crippen molar-refractivity contribution in [1.82, 2.24) is 28.7 Å². The average molecular weight is 803 g/mol. The monoisotopic (exact) mass is 802 g/mol. The van der Waals surface area contributed by atoms with Crippen molar-refractivity contribution in [3.63, 3.8) is 0 Å². The molecule has 60 heavy (non-hydrogen) atoms. The first-order valence-electron chi connectivity index (χ1n) is 19.7. The molecule has 0 radical (unpaired) electrons. The lowest BCUT2D eigenvalue weighted by atomic mass is 9.97. The third kappa shape index (κ3) is 5.84. The molecule has 0 atom stereocenters. The molecule has 0 aliphatic carbocycles. The Bertz CT molecular complexity index is 3600. The van der Waals surface area contributed by atoms with Crippen LogP contribution in [0.1, 0.15) is 0 Å². The molecule has 0 saturated heterocycles. The van der Waals surface area contributed by atoms with Crippen molar-refractivity contribution in [3.05, 3.63) is 182 Å². The molecule has 4 heterocycles. The Hall–Kier alpha value is -7.52. The SMILES string of the molecule is c1ccc(-c2nc(-c3ccc(-c4cccc5c4sc4ccccc45)cc3)nc(-c3cccc(-c4ccc(-c5nc6ccccc6c6c5ccc5nsnc56)cc4)c3)n2)cc1. The van der Waals surface area contributed by atoms with Crippen LogP contribution in [-0.4, -0.2) is 28.7 Å². The fraction of sp³-hybridized carbons (Fsp3) is 0. The van der Waals surface area contributed by atoms with Gasteiger partial charge in [0.05, 0.1) is 22.9 Å². The van der Waals surface area contributed by atoms with Gasteiger partial charge in [0.25, 0.3) is 0 Å². The van der Waals surface area contributed by atoms with Gasteiger partial charge in [0.2, 0.25) is 0 Å². The Morgan fingerprint density at radius 2 is 0.967 bits per heavy atom. The van der Waals surface area contributed by atoms with Crippen LogP contribution in [0.4, 0.5) is 0 Å². The maximum absolute atomic E-state index is 5.16. The summed E-state index contributed by atoms with van der Waals surface area (Å²) in [7, 11) is 0. The van der Waals surface area contributed by atoms with Gasteiger partial charge in [-0.2, -0.15) is 8.75 Å². The van der Waals surface area contributed by atoms with E-state index in [0.717, 1.165) is 77.3 Å². The van der Waals surface area contributed by atoms with Gasteiger partial charge in [-0.25, -0.2) is 19.9 Å². The molecule has 0 spiro atoms. The van der Waals surface area contributed by atoms with Crippen LogP contribution >= 0.6 is 23.1 Å². The Morgan fingerprint density at radius 1 is 0.350 bits per heavy atom. The second-order valence-corrected chi connectivity index (χ2v) is 16.4. The zero-order valence-electron chi connectivity index (χ0n) is 31.8. The largest absolute Gasteiger partial charge is 0.247 e. The van der Waals surface area contributed by atoms with Crippen LogP contribution in [0.3, 0.4) is 0 Å². The molecule has 0 bridgehead atoms. The summed E-state index contributed by atoms with van der Waals surface area (Å²) in [5.41, 5.74) is 12.0. The van der Waals surface area contributed by atoms with Crippen LogP contribution in [0.15, 0.2) is 182 Å². The Kier molecular flexibility index (Phi) is 8.11. The van der Waals surface area contributed by atoms with Gasteiger partial charge in [0.15, 0.2) is 17.5 Å². The number of hydrogen-bond donors (Lipinski definition) is 0. The van der Waals surface area contributed by atoms with Crippen LogP contribution in [-0.2, 0) is 0 Å². The Morgan fingerprint density at radius 3 is 1.80 bits per heavy atom. The molecule has 0 aliphatic rings. The highest BCUT2D eigenvalue weighted by molar-refractivity contribution is 7.26. The van der Waals surface area contributed by atoms with Crippen LogP contribution in [0.25, 0.3) is 121 Å². The molecular weight excluding hydrogens is 773 g/mol. The molecule has 12 rings (SSSR count). The summed E-state index contributed by atoms with van der Waals surface area (Å²) in [4.78, 5) is 20.3. The Labute approximate surface area is 352 Å². The number of thiophene rings is 1. The van der Waals surface area contributed by atoms with E-state index >= 15 is 0 Å². The number of benzene rings is 8. The summed E-state index contributed by atoms with van der Waals surface area (Å²) in [5, 5.41) is 5.82. The fourth-order valence-corrected chi connectivity index (χ4v) is 10.1. The van der Waals surface area contributed by atoms with E-state index in [1.165, 1.54) is 37.5 Å². The molecule has 8 heteroatoms. The number of aromatic nitrogens is 6. The summed E-state index contributed by atoms with van der Waals surface area (Å²) in [6.45, 7) is 0. The van der Waals surface area contributed by atoms with E-state index in [0.29, 0.717) is 17.5 Å². The molecule has 0 saturated carbocycles. The summed E-state index contributed by atoms with van der Waals surface area (Å²) in [5.74, 6) is 1.87. The van der Waals surface area contributed by atoms with Gasteiger partial charge in [-0.3, -0.25) is 0 Å². The third-order valence-electron chi connectivity index (χ3n) is 11.2. The highest BCUT2D eigenvalue weighted by atomic mass is 32.1. The maximum Gasteiger partial charge on any atom is 0.164 e. The van der Waals surface area contributed by atoms with Crippen molar-refractivity contribution in [2.24, 2.45) is 0 Å². The number of para-hydroxylation sites is 1.